The van der Waals surface area contributed by atoms with Crippen LogP contribution in [0, 0.1) is 0 Å². The van der Waals surface area contributed by atoms with Crippen LogP contribution >= 0.6 is 0 Å². The molecule has 0 heterocycles. The van der Waals surface area contributed by atoms with Gasteiger partial charge in [0.15, 0.2) is 0 Å². The Balaban J connectivity index is 6.98. The first kappa shape index (κ1) is 77.3. The van der Waals surface area contributed by atoms with Gasteiger partial charge in [0.2, 0.25) is 59.1 Å². The Kier molecular flexibility index (Phi) is 32.0. The van der Waals surface area contributed by atoms with E-state index in [1.165, 1.54) is 0 Å². The minimum atomic E-state index is -2.61. The van der Waals surface area contributed by atoms with E-state index in [9.17, 15) is 157 Å². The van der Waals surface area contributed by atoms with Crippen molar-refractivity contribution in [3.63, 3.8) is 0 Å². The monoisotopic (exact) mass is 1280 g/mol. The molecule has 0 aromatic heterocycles. The molecule has 0 unspecified atom stereocenters. The molecule has 0 spiro atoms. The summed E-state index contributed by atoms with van der Waals surface area (Å²) in [5.74, 6) is -41.0. The Labute approximate surface area is 492 Å². The summed E-state index contributed by atoms with van der Waals surface area (Å²) in [6.07, 6.45) is -16.1. The quantitative estimate of drug-likeness (QED) is 0.0270. The van der Waals surface area contributed by atoms with Crippen molar-refractivity contribution in [2.75, 3.05) is 0 Å². The summed E-state index contributed by atoms with van der Waals surface area (Å²) in [4.78, 5) is 272. The van der Waals surface area contributed by atoms with Crippen molar-refractivity contribution in [2.45, 2.75) is 137 Å². The van der Waals surface area contributed by atoms with E-state index in [1.807, 2.05) is 0 Å². The van der Waals surface area contributed by atoms with Crippen LogP contribution in [-0.2, 0) is 105 Å². The Hall–Kier alpha value is -11.7. The third-order valence-electron chi connectivity index (χ3n) is 10.8. The lowest BCUT2D eigenvalue weighted by atomic mass is 10.1. The zero-order valence-electron chi connectivity index (χ0n) is 45.1. The van der Waals surface area contributed by atoms with Crippen LogP contribution in [0.25, 0.3) is 0 Å². The van der Waals surface area contributed by atoms with Crippen molar-refractivity contribution < 1.29 is 167 Å². The standard InChI is InChI=1S/C44H57N11O34/c45-12(1-23(56)57)34(78)46-13(2-24(58)59)35(79)47-14(3-25(60)61)36(80)48-15(4-26(62)63)37(81)49-16(5-27(64)65)38(82)50-17(6-28(66)67)39(83)51-18(7-29(68)69)40(84)52-19(8-30(70)71)41(85)53-20(9-31(72)73)42(86)54-21(10-32(74)75)43(87)55-22(44(88)89)11-33(76)77/h12-22H,1-11,45H2,(H,46,78)(H,47,79)(H,48,80)(H,49,81)(H,50,82)(H,51,83)(H,52,84)(H,53,85)(H,54,86)(H,55,87)(H,56,57)(H,58,59)(H,60,61)(H,62,63)(H,64,65)(H,66,67)(H,68,69)(H,70,71)(H,72,73)(H,74,75)(H,76,77)(H,88,89)/t12-,13-,14-,15-,16-,17-,18-,19-,20-,21-,22-/m0/s1. The van der Waals surface area contributed by atoms with E-state index in [4.69, 9.17) is 15.9 Å². The van der Waals surface area contributed by atoms with Crippen LogP contribution < -0.4 is 58.9 Å². The number of nitrogens with one attached hydrogen (secondary N) is 10. The second-order valence-corrected chi connectivity index (χ2v) is 18.1. The highest BCUT2D eigenvalue weighted by Gasteiger charge is 2.39. The number of carboxylic acids is 12. The number of rotatable bonds is 43. The smallest absolute Gasteiger partial charge is 0.326 e. The molecule has 11 atom stereocenters. The van der Waals surface area contributed by atoms with Gasteiger partial charge in [0.1, 0.15) is 60.4 Å². The van der Waals surface area contributed by atoms with Gasteiger partial charge in [-0.15, -0.1) is 0 Å². The van der Waals surface area contributed by atoms with Gasteiger partial charge < -0.3 is 120 Å². The van der Waals surface area contributed by atoms with Gasteiger partial charge in [-0.2, -0.15) is 0 Å². The fourth-order valence-electron chi connectivity index (χ4n) is 6.84. The fraction of sp³-hybridized carbons (Fsp3) is 0.500. The lowest BCUT2D eigenvalue weighted by Gasteiger charge is -2.27. The minimum absolute atomic E-state index is 1.06. The number of carboxylic acid groups (broad SMARTS) is 12. The molecule has 24 N–H and O–H groups in total. The summed E-state index contributed by atoms with van der Waals surface area (Å²) in [5.41, 5.74) is 5.40. The van der Waals surface area contributed by atoms with Crippen molar-refractivity contribution in [2.24, 2.45) is 5.73 Å². The molecule has 10 amide bonds. The second kappa shape index (κ2) is 36.9. The SMILES string of the molecule is N[C@@H](CC(=O)O)C(=O)N[C@@H](CC(=O)O)C(=O)N[C@@H](CC(=O)O)C(=O)N[C@@H](CC(=O)O)C(=O)N[C@@H](CC(=O)O)C(=O)N[C@@H](CC(=O)O)C(=O)N[C@@H](CC(=O)O)C(=O)N[C@@H](CC(=O)O)C(=O)N[C@@H](CC(=O)O)C(=O)N[C@@H](CC(=O)O)C(=O)N[C@@H](CC(=O)O)C(=O)O. The molecule has 0 rings (SSSR count). The number of hydrogen-bond donors (Lipinski definition) is 23. The first-order valence-electron chi connectivity index (χ1n) is 24.4. The number of nitrogens with two attached hydrogens (primary N) is 1. The number of amides is 10. The van der Waals surface area contributed by atoms with Gasteiger partial charge in [-0.3, -0.25) is 101 Å². The zero-order chi connectivity index (χ0) is 68.9. The zero-order valence-corrected chi connectivity index (χ0v) is 45.1. The van der Waals surface area contributed by atoms with E-state index >= 15 is 0 Å². The highest BCUT2D eigenvalue weighted by molar-refractivity contribution is 6.03. The maximum atomic E-state index is 13.6. The van der Waals surface area contributed by atoms with E-state index in [0.29, 0.717) is 0 Å². The molecule has 89 heavy (non-hydrogen) atoms. The molecule has 0 saturated heterocycles. The van der Waals surface area contributed by atoms with E-state index in [1.54, 1.807) is 53.2 Å². The summed E-state index contributed by atoms with van der Waals surface area (Å²) in [6, 6.07) is -26.6. The highest BCUT2D eigenvalue weighted by atomic mass is 16.4. The van der Waals surface area contributed by atoms with E-state index in [2.05, 4.69) is 0 Å². The molecule has 0 aromatic rings. The van der Waals surface area contributed by atoms with Crippen LogP contribution in [0.4, 0.5) is 0 Å². The third kappa shape index (κ3) is 31.1. The van der Waals surface area contributed by atoms with Crippen molar-refractivity contribution >= 4 is 131 Å². The van der Waals surface area contributed by atoms with Gasteiger partial charge >= 0.3 is 71.6 Å². The maximum absolute atomic E-state index is 13.6. The normalized spacial score (nSPS) is 14.3. The molecule has 0 aliphatic rings. The molecular formula is C44H57N11O34. The van der Waals surface area contributed by atoms with Gasteiger partial charge in [0.25, 0.3) is 0 Å². The number of carbonyl (C=O) groups is 22. The maximum Gasteiger partial charge on any atom is 0.326 e. The van der Waals surface area contributed by atoms with Gasteiger partial charge in [-0.25, -0.2) is 4.79 Å². The first-order chi connectivity index (χ1) is 41.0. The molecular weight excluding hydrogens is 1230 g/mol. The van der Waals surface area contributed by atoms with Gasteiger partial charge in [0, 0.05) is 0 Å². The van der Waals surface area contributed by atoms with E-state index in [-0.39, 0.29) is 0 Å². The van der Waals surface area contributed by atoms with Crippen LogP contribution in [0.3, 0.4) is 0 Å². The van der Waals surface area contributed by atoms with Crippen LogP contribution in [-0.4, -0.2) is 258 Å². The second-order valence-electron chi connectivity index (χ2n) is 18.1. The van der Waals surface area contributed by atoms with Crippen LogP contribution in [0.5, 0.6) is 0 Å². The number of carbonyl (C=O) groups excluding carboxylic acids is 10. The summed E-state index contributed by atoms with van der Waals surface area (Å²) < 4.78 is 0. The topological polar surface area (TPSA) is 765 Å². The molecule has 0 saturated carbocycles. The molecule has 45 nitrogen and oxygen atoms in total. The predicted molar refractivity (Wildman–Crippen MR) is 270 cm³/mol. The molecule has 492 valence electrons. The van der Waals surface area contributed by atoms with Crippen molar-refractivity contribution in [1.29, 1.82) is 0 Å². The Morgan fingerprint density at radius 1 is 0.191 bits per heavy atom. The minimum Gasteiger partial charge on any atom is -0.481 e. The largest absolute Gasteiger partial charge is 0.481 e. The van der Waals surface area contributed by atoms with Crippen LogP contribution in [0.1, 0.15) is 70.6 Å². The summed E-state index contributed by atoms with van der Waals surface area (Å²) in [6.45, 7) is 0. The molecule has 0 radical (unpaired) electrons. The highest BCUT2D eigenvalue weighted by Crippen LogP contribution is 2.09. The number of hydrogen-bond acceptors (Lipinski definition) is 23. The average Bonchev–Trinajstić information content (AvgIpc) is 2.17. The molecule has 0 fully saturated rings. The number of aliphatic carboxylic acids is 12. The Morgan fingerprint density at radius 3 is 0.427 bits per heavy atom. The Morgan fingerprint density at radius 2 is 0.303 bits per heavy atom. The van der Waals surface area contributed by atoms with Gasteiger partial charge in [-0.1, -0.05) is 0 Å². The van der Waals surface area contributed by atoms with Crippen molar-refractivity contribution in [1.82, 2.24) is 53.2 Å². The average molecular weight is 1280 g/mol. The predicted octanol–water partition coefficient (Wildman–Crippen LogP) is -11.5. The van der Waals surface area contributed by atoms with E-state index in [0.717, 1.165) is 0 Å². The molecule has 0 aliphatic heterocycles. The Bertz CT molecular complexity index is 2840. The molecule has 0 bridgehead atoms. The summed E-state index contributed by atoms with van der Waals surface area (Å²) in [7, 11) is 0. The fourth-order valence-corrected chi connectivity index (χ4v) is 6.84. The molecule has 45 heteroatoms. The van der Waals surface area contributed by atoms with Gasteiger partial charge in [0.05, 0.1) is 76.7 Å². The summed E-state index contributed by atoms with van der Waals surface area (Å²) >= 11 is 0. The van der Waals surface area contributed by atoms with Crippen LogP contribution in [0.2, 0.25) is 0 Å². The van der Waals surface area contributed by atoms with Gasteiger partial charge in [-0.05, 0) is 0 Å². The first-order valence-corrected chi connectivity index (χ1v) is 24.4. The lowest BCUT2D eigenvalue weighted by Crippen LogP contribution is -2.61. The van der Waals surface area contributed by atoms with Crippen molar-refractivity contribution in [3.8, 4) is 0 Å². The van der Waals surface area contributed by atoms with Crippen LogP contribution in [0.15, 0.2) is 0 Å². The molecule has 0 aliphatic carbocycles. The summed E-state index contributed by atoms with van der Waals surface area (Å²) in [5, 5.41) is 129. The van der Waals surface area contributed by atoms with Crippen molar-refractivity contribution in [3.05, 3.63) is 0 Å². The third-order valence-corrected chi connectivity index (χ3v) is 10.8. The lowest BCUT2D eigenvalue weighted by molar-refractivity contribution is -0.148. The molecule has 0 aromatic carbocycles. The van der Waals surface area contributed by atoms with E-state index < -0.39 is 268 Å².